The van der Waals surface area contributed by atoms with Crippen LogP contribution in [-0.4, -0.2) is 40.1 Å². The molecule has 0 spiro atoms. The Balaban J connectivity index is 1.65. The first-order chi connectivity index (χ1) is 12.0. The van der Waals surface area contributed by atoms with Crippen molar-refractivity contribution in [3.8, 4) is 0 Å². The molecule has 0 saturated carbocycles. The minimum Gasteiger partial charge on any atom is -0.453 e. The van der Waals surface area contributed by atoms with Gasteiger partial charge in [-0.15, -0.1) is 0 Å². The average Bonchev–Trinajstić information content (AvgIpc) is 3.14. The Morgan fingerprint density at radius 3 is 2.84 bits per heavy atom. The Kier molecular flexibility index (Phi) is 5.27. The number of aryl methyl sites for hydroxylation is 1. The largest absolute Gasteiger partial charge is 0.453 e. The van der Waals surface area contributed by atoms with Crippen LogP contribution in [0.25, 0.3) is 10.9 Å². The lowest BCUT2D eigenvalue weighted by Crippen LogP contribution is -2.29. The molecule has 0 radical (unpaired) electrons. The number of esters is 1. The maximum atomic E-state index is 12.5. The lowest BCUT2D eigenvalue weighted by atomic mass is 9.93. The quantitative estimate of drug-likeness (QED) is 0.608. The molecule has 5 nitrogen and oxygen atoms in total. The Morgan fingerprint density at radius 2 is 2.08 bits per heavy atom. The van der Waals surface area contributed by atoms with Gasteiger partial charge in [0.05, 0.1) is 0 Å². The Labute approximate surface area is 150 Å². The van der Waals surface area contributed by atoms with Crippen molar-refractivity contribution in [2.45, 2.75) is 37.5 Å². The number of rotatable bonds is 7. The van der Waals surface area contributed by atoms with Crippen molar-refractivity contribution in [3.05, 3.63) is 36.0 Å². The standard InChI is InChI=1S/C19H21NO4S/c1-11(25-2)9-16-18(22)17(19(23)24-16)15(21)8-7-12-10-20-14-6-4-3-5-13(12)14/h3-6,10-11,16-17,20H,7-9H2,1-2H3. The van der Waals surface area contributed by atoms with Crippen molar-refractivity contribution < 1.29 is 19.1 Å². The summed E-state index contributed by atoms with van der Waals surface area (Å²) in [5.41, 5.74) is 2.02. The summed E-state index contributed by atoms with van der Waals surface area (Å²) >= 11 is 1.60. The number of Topliss-reactive ketones (excluding diaryl/α,β-unsaturated/α-hetero) is 2. The Hall–Kier alpha value is -2.08. The number of aromatic nitrogens is 1. The maximum absolute atomic E-state index is 12.5. The second-order valence-corrected chi connectivity index (χ2v) is 7.64. The zero-order valence-corrected chi connectivity index (χ0v) is 15.1. The van der Waals surface area contributed by atoms with E-state index in [0.717, 1.165) is 16.5 Å². The molecular weight excluding hydrogens is 338 g/mol. The van der Waals surface area contributed by atoms with Crippen molar-refractivity contribution in [1.82, 2.24) is 4.98 Å². The minimum absolute atomic E-state index is 0.151. The fourth-order valence-corrected chi connectivity index (χ4v) is 3.53. The van der Waals surface area contributed by atoms with Gasteiger partial charge in [-0.1, -0.05) is 25.1 Å². The van der Waals surface area contributed by atoms with Gasteiger partial charge in [-0.25, -0.2) is 0 Å². The highest BCUT2D eigenvalue weighted by Gasteiger charge is 2.47. The molecule has 3 atom stereocenters. The van der Waals surface area contributed by atoms with Crippen LogP contribution in [0.15, 0.2) is 30.5 Å². The number of hydrogen-bond donors (Lipinski definition) is 1. The molecule has 132 valence electrons. The second-order valence-electron chi connectivity index (χ2n) is 6.37. The number of thioether (sulfide) groups is 1. The number of carbonyl (C=O) groups is 3. The summed E-state index contributed by atoms with van der Waals surface area (Å²) in [5, 5.41) is 1.25. The molecule has 3 rings (SSSR count). The molecule has 6 heteroatoms. The summed E-state index contributed by atoms with van der Waals surface area (Å²) in [6, 6.07) is 7.84. The lowest BCUT2D eigenvalue weighted by molar-refractivity contribution is -0.146. The molecule has 1 fully saturated rings. The number of ether oxygens (including phenoxy) is 1. The lowest BCUT2D eigenvalue weighted by Gasteiger charge is -2.12. The van der Waals surface area contributed by atoms with Gasteiger partial charge in [0, 0.05) is 35.2 Å². The SMILES string of the molecule is CSC(C)CC1OC(=O)C(C(=O)CCc2c[nH]c3ccccc23)C1=O. The third-order valence-corrected chi connectivity index (χ3v) is 5.68. The smallest absolute Gasteiger partial charge is 0.325 e. The van der Waals surface area contributed by atoms with Gasteiger partial charge in [-0.05, 0) is 24.3 Å². The van der Waals surface area contributed by atoms with E-state index in [1.165, 1.54) is 0 Å². The van der Waals surface area contributed by atoms with E-state index >= 15 is 0 Å². The first-order valence-electron chi connectivity index (χ1n) is 8.36. The number of H-pyrrole nitrogens is 1. The van der Waals surface area contributed by atoms with Crippen molar-refractivity contribution in [3.63, 3.8) is 0 Å². The molecule has 0 aliphatic carbocycles. The van der Waals surface area contributed by atoms with Crippen molar-refractivity contribution in [1.29, 1.82) is 0 Å². The van der Waals surface area contributed by atoms with Crippen molar-refractivity contribution >= 4 is 40.2 Å². The molecule has 2 aromatic rings. The molecule has 2 heterocycles. The van der Waals surface area contributed by atoms with E-state index in [1.54, 1.807) is 11.8 Å². The van der Waals surface area contributed by atoms with Crippen LogP contribution in [-0.2, 0) is 25.5 Å². The molecule has 0 amide bonds. The van der Waals surface area contributed by atoms with E-state index in [4.69, 9.17) is 4.74 Å². The number of ketones is 2. The van der Waals surface area contributed by atoms with Crippen LogP contribution in [0.2, 0.25) is 0 Å². The van der Waals surface area contributed by atoms with Crippen LogP contribution < -0.4 is 0 Å². The van der Waals surface area contributed by atoms with Crippen LogP contribution in [0.4, 0.5) is 0 Å². The summed E-state index contributed by atoms with van der Waals surface area (Å²) in [6.07, 6.45) is 4.13. The molecule has 25 heavy (non-hydrogen) atoms. The average molecular weight is 359 g/mol. The number of hydrogen-bond acceptors (Lipinski definition) is 5. The van der Waals surface area contributed by atoms with E-state index < -0.39 is 18.0 Å². The monoisotopic (exact) mass is 359 g/mol. The van der Waals surface area contributed by atoms with Gasteiger partial charge >= 0.3 is 5.97 Å². The summed E-state index contributed by atoms with van der Waals surface area (Å²) in [6.45, 7) is 1.97. The third kappa shape index (κ3) is 3.63. The summed E-state index contributed by atoms with van der Waals surface area (Å²) in [4.78, 5) is 40.0. The van der Waals surface area contributed by atoms with Crippen LogP contribution in [0.1, 0.15) is 25.3 Å². The predicted octanol–water partition coefficient (Wildman–Crippen LogP) is 2.92. The predicted molar refractivity (Wildman–Crippen MR) is 97.6 cm³/mol. The van der Waals surface area contributed by atoms with E-state index in [0.29, 0.717) is 12.8 Å². The van der Waals surface area contributed by atoms with Crippen molar-refractivity contribution in [2.24, 2.45) is 5.92 Å². The van der Waals surface area contributed by atoms with Gasteiger partial charge in [0.15, 0.2) is 23.6 Å². The van der Waals surface area contributed by atoms with E-state index in [9.17, 15) is 14.4 Å². The van der Waals surface area contributed by atoms with Crippen LogP contribution >= 0.6 is 11.8 Å². The fourth-order valence-electron chi connectivity index (χ4n) is 3.16. The normalized spacial score (nSPS) is 21.5. The zero-order chi connectivity index (χ0) is 18.0. The summed E-state index contributed by atoms with van der Waals surface area (Å²) < 4.78 is 5.16. The number of aromatic amines is 1. The number of carbonyl (C=O) groups excluding carboxylic acids is 3. The highest BCUT2D eigenvalue weighted by atomic mass is 32.2. The first-order valence-corrected chi connectivity index (χ1v) is 9.64. The van der Waals surface area contributed by atoms with Gasteiger partial charge in [-0.3, -0.25) is 14.4 Å². The molecule has 3 unspecified atom stereocenters. The van der Waals surface area contributed by atoms with Crippen molar-refractivity contribution in [2.75, 3.05) is 6.26 Å². The molecule has 1 saturated heterocycles. The number of para-hydroxylation sites is 1. The van der Waals surface area contributed by atoms with E-state index in [1.807, 2.05) is 43.6 Å². The number of cyclic esters (lactones) is 1. The van der Waals surface area contributed by atoms with Gasteiger partial charge in [0.2, 0.25) is 0 Å². The zero-order valence-electron chi connectivity index (χ0n) is 14.3. The van der Waals surface area contributed by atoms with E-state index in [2.05, 4.69) is 4.98 Å². The molecule has 1 aliphatic rings. The number of fused-ring (bicyclic) bond motifs is 1. The van der Waals surface area contributed by atoms with E-state index in [-0.39, 0.29) is 23.2 Å². The molecule has 1 aromatic heterocycles. The van der Waals surface area contributed by atoms with Gasteiger partial charge in [0.1, 0.15) is 0 Å². The maximum Gasteiger partial charge on any atom is 0.325 e. The third-order valence-electron chi connectivity index (χ3n) is 4.68. The molecule has 1 aromatic carbocycles. The molecule has 1 N–H and O–H groups in total. The van der Waals surface area contributed by atoms with Crippen LogP contribution in [0, 0.1) is 5.92 Å². The topological polar surface area (TPSA) is 76.2 Å². The fraction of sp³-hybridized carbons (Fsp3) is 0.421. The van der Waals surface area contributed by atoms with Gasteiger partial charge in [0.25, 0.3) is 0 Å². The highest BCUT2D eigenvalue weighted by molar-refractivity contribution is 7.99. The summed E-state index contributed by atoms with van der Waals surface area (Å²) in [7, 11) is 0. The minimum atomic E-state index is -1.25. The number of nitrogens with one attached hydrogen (secondary N) is 1. The molecule has 0 bridgehead atoms. The Morgan fingerprint density at radius 1 is 1.32 bits per heavy atom. The molecular formula is C19H21NO4S. The van der Waals surface area contributed by atoms with Gasteiger partial charge in [-0.2, -0.15) is 11.8 Å². The van der Waals surface area contributed by atoms with Crippen LogP contribution in [0.3, 0.4) is 0 Å². The number of benzene rings is 1. The Bertz CT molecular complexity index is 813. The highest BCUT2D eigenvalue weighted by Crippen LogP contribution is 2.26. The van der Waals surface area contributed by atoms with Crippen LogP contribution in [0.5, 0.6) is 0 Å². The summed E-state index contributed by atoms with van der Waals surface area (Å²) in [5.74, 6) is -2.66. The first kappa shape index (κ1) is 17.7. The molecule has 1 aliphatic heterocycles. The second kappa shape index (κ2) is 7.44. The van der Waals surface area contributed by atoms with Gasteiger partial charge < -0.3 is 9.72 Å².